The second-order valence-electron chi connectivity index (χ2n) is 5.18. The van der Waals surface area contributed by atoms with E-state index in [4.69, 9.17) is 9.84 Å². The van der Waals surface area contributed by atoms with Crippen molar-refractivity contribution in [1.29, 1.82) is 0 Å². The number of carboxylic acid groups (broad SMARTS) is 1. The molecule has 1 aliphatic heterocycles. The van der Waals surface area contributed by atoms with Crippen LogP contribution in [0.3, 0.4) is 0 Å². The van der Waals surface area contributed by atoms with E-state index in [1.54, 1.807) is 6.92 Å². The summed E-state index contributed by atoms with van der Waals surface area (Å²) in [6.07, 6.45) is 1.82. The highest BCUT2D eigenvalue weighted by Crippen LogP contribution is 2.29. The zero-order valence-corrected chi connectivity index (χ0v) is 11.6. The molecule has 1 aliphatic rings. The van der Waals surface area contributed by atoms with Gasteiger partial charge < -0.3 is 15.2 Å². The standard InChI is InChI=1S/C12H18N2O3S/c1-7-9(10(15)16)18-11(13-7)14-8-4-5-17-12(2,3)6-8/h8H,4-6H2,1-3H3,(H,13,14)(H,15,16). The Hall–Kier alpha value is -1.14. The molecule has 0 amide bonds. The number of carbonyl (C=O) groups is 1. The smallest absolute Gasteiger partial charge is 0.347 e. The van der Waals surface area contributed by atoms with Crippen molar-refractivity contribution < 1.29 is 14.6 Å². The molecule has 2 N–H and O–H groups in total. The number of rotatable bonds is 3. The highest BCUT2D eigenvalue weighted by atomic mass is 32.1. The molecule has 1 aromatic rings. The molecule has 0 radical (unpaired) electrons. The number of nitrogens with zero attached hydrogens (tertiary/aromatic N) is 1. The van der Waals surface area contributed by atoms with Crippen LogP contribution in [-0.2, 0) is 4.74 Å². The predicted molar refractivity (Wildman–Crippen MR) is 70.5 cm³/mol. The Balaban J connectivity index is 2.05. The van der Waals surface area contributed by atoms with Crippen molar-refractivity contribution in [2.24, 2.45) is 0 Å². The number of ether oxygens (including phenoxy) is 1. The number of nitrogens with one attached hydrogen (secondary N) is 1. The number of hydrogen-bond acceptors (Lipinski definition) is 5. The minimum absolute atomic E-state index is 0.127. The highest BCUT2D eigenvalue weighted by molar-refractivity contribution is 7.17. The second kappa shape index (κ2) is 4.85. The number of aromatic nitrogens is 1. The van der Waals surface area contributed by atoms with E-state index in [1.807, 2.05) is 0 Å². The summed E-state index contributed by atoms with van der Waals surface area (Å²) in [4.78, 5) is 15.5. The van der Waals surface area contributed by atoms with Crippen molar-refractivity contribution in [3.63, 3.8) is 0 Å². The minimum Gasteiger partial charge on any atom is -0.477 e. The quantitative estimate of drug-likeness (QED) is 0.883. The first kappa shape index (κ1) is 13.3. The average molecular weight is 270 g/mol. The number of thiazole rings is 1. The molecule has 2 heterocycles. The Bertz CT molecular complexity index is 456. The first-order valence-corrected chi connectivity index (χ1v) is 6.80. The van der Waals surface area contributed by atoms with Gasteiger partial charge in [-0.15, -0.1) is 0 Å². The molecule has 1 aromatic heterocycles. The summed E-state index contributed by atoms with van der Waals surface area (Å²) in [5, 5.41) is 13.0. The summed E-state index contributed by atoms with van der Waals surface area (Å²) in [5.74, 6) is -0.912. The van der Waals surface area contributed by atoms with Gasteiger partial charge in [0.15, 0.2) is 5.13 Å². The predicted octanol–water partition coefficient (Wildman–Crippen LogP) is 2.52. The molecule has 5 nitrogen and oxygen atoms in total. The van der Waals surface area contributed by atoms with Gasteiger partial charge in [0.1, 0.15) is 4.88 Å². The monoisotopic (exact) mass is 270 g/mol. The molecule has 0 spiro atoms. The van der Waals surface area contributed by atoms with Gasteiger partial charge in [0.2, 0.25) is 0 Å². The third kappa shape index (κ3) is 3.00. The molecule has 0 aliphatic carbocycles. The van der Waals surface area contributed by atoms with Gasteiger partial charge in [-0.05, 0) is 33.6 Å². The molecule has 1 atom stereocenters. The third-order valence-electron chi connectivity index (χ3n) is 3.02. The van der Waals surface area contributed by atoms with Crippen LogP contribution < -0.4 is 5.32 Å². The molecule has 0 aromatic carbocycles. The molecular formula is C12H18N2O3S. The highest BCUT2D eigenvalue weighted by Gasteiger charge is 2.29. The van der Waals surface area contributed by atoms with Crippen molar-refractivity contribution in [2.45, 2.75) is 45.3 Å². The van der Waals surface area contributed by atoms with Gasteiger partial charge in [0.25, 0.3) is 0 Å². The second-order valence-corrected chi connectivity index (χ2v) is 6.18. The van der Waals surface area contributed by atoms with E-state index in [1.165, 1.54) is 11.3 Å². The maximum atomic E-state index is 11.0. The summed E-state index contributed by atoms with van der Waals surface area (Å²) < 4.78 is 5.65. The number of aromatic carboxylic acids is 1. The fraction of sp³-hybridized carbons (Fsp3) is 0.667. The lowest BCUT2D eigenvalue weighted by atomic mass is 9.94. The molecule has 6 heteroatoms. The van der Waals surface area contributed by atoms with Gasteiger partial charge in [-0.1, -0.05) is 11.3 Å². The lowest BCUT2D eigenvalue weighted by molar-refractivity contribution is -0.0553. The van der Waals surface area contributed by atoms with Crippen LogP contribution in [0, 0.1) is 6.92 Å². The fourth-order valence-corrected chi connectivity index (χ4v) is 3.07. The topological polar surface area (TPSA) is 71.5 Å². The number of hydrogen-bond donors (Lipinski definition) is 2. The molecule has 0 saturated carbocycles. The molecule has 2 rings (SSSR count). The summed E-state index contributed by atoms with van der Waals surface area (Å²) in [7, 11) is 0. The molecule has 1 fully saturated rings. The van der Waals surface area contributed by atoms with Gasteiger partial charge in [0.05, 0.1) is 11.3 Å². The SMILES string of the molecule is Cc1nc(NC2CCOC(C)(C)C2)sc1C(=O)O. The minimum atomic E-state index is -0.912. The third-order valence-corrected chi connectivity index (χ3v) is 4.09. The number of carboxylic acids is 1. The van der Waals surface area contributed by atoms with E-state index >= 15 is 0 Å². The van der Waals surface area contributed by atoms with Gasteiger partial charge in [-0.3, -0.25) is 0 Å². The lowest BCUT2D eigenvalue weighted by Crippen LogP contribution is -2.40. The van der Waals surface area contributed by atoms with Crippen molar-refractivity contribution in [2.75, 3.05) is 11.9 Å². The van der Waals surface area contributed by atoms with Crippen LogP contribution in [-0.4, -0.2) is 34.3 Å². The normalized spacial score (nSPS) is 22.7. The Morgan fingerprint density at radius 3 is 2.89 bits per heavy atom. The van der Waals surface area contributed by atoms with Crippen molar-refractivity contribution in [3.8, 4) is 0 Å². The van der Waals surface area contributed by atoms with Crippen LogP contribution in [0.15, 0.2) is 0 Å². The molecular weight excluding hydrogens is 252 g/mol. The molecule has 1 saturated heterocycles. The van der Waals surface area contributed by atoms with Crippen LogP contribution in [0.25, 0.3) is 0 Å². The zero-order chi connectivity index (χ0) is 13.3. The average Bonchev–Trinajstić information content (AvgIpc) is 2.58. The molecule has 100 valence electrons. The summed E-state index contributed by atoms with van der Waals surface area (Å²) in [5.41, 5.74) is 0.444. The maximum absolute atomic E-state index is 11.0. The first-order valence-electron chi connectivity index (χ1n) is 5.98. The molecule has 1 unspecified atom stereocenters. The Morgan fingerprint density at radius 2 is 2.33 bits per heavy atom. The summed E-state index contributed by atoms with van der Waals surface area (Å²) in [6, 6.07) is 0.293. The lowest BCUT2D eigenvalue weighted by Gasteiger charge is -2.35. The number of aryl methyl sites for hydroxylation is 1. The van der Waals surface area contributed by atoms with Gasteiger partial charge in [-0.2, -0.15) is 0 Å². The van der Waals surface area contributed by atoms with Gasteiger partial charge in [0, 0.05) is 12.6 Å². The van der Waals surface area contributed by atoms with Crippen LogP contribution in [0.1, 0.15) is 42.1 Å². The van der Waals surface area contributed by atoms with Crippen LogP contribution in [0.2, 0.25) is 0 Å². The van der Waals surface area contributed by atoms with Gasteiger partial charge in [-0.25, -0.2) is 9.78 Å². The maximum Gasteiger partial charge on any atom is 0.347 e. The fourth-order valence-electron chi connectivity index (χ4n) is 2.19. The zero-order valence-electron chi connectivity index (χ0n) is 10.8. The Morgan fingerprint density at radius 1 is 1.61 bits per heavy atom. The van der Waals surface area contributed by atoms with Crippen molar-refractivity contribution in [3.05, 3.63) is 10.6 Å². The summed E-state index contributed by atoms with van der Waals surface area (Å²) >= 11 is 1.20. The van der Waals surface area contributed by atoms with Crippen LogP contribution in [0.4, 0.5) is 5.13 Å². The number of anilines is 1. The largest absolute Gasteiger partial charge is 0.477 e. The molecule has 0 bridgehead atoms. The molecule has 18 heavy (non-hydrogen) atoms. The van der Waals surface area contributed by atoms with Gasteiger partial charge >= 0.3 is 5.97 Å². The van der Waals surface area contributed by atoms with E-state index in [-0.39, 0.29) is 5.60 Å². The van der Waals surface area contributed by atoms with E-state index in [0.29, 0.717) is 21.7 Å². The van der Waals surface area contributed by atoms with E-state index in [0.717, 1.165) is 19.4 Å². The van der Waals surface area contributed by atoms with E-state index < -0.39 is 5.97 Å². The van der Waals surface area contributed by atoms with Crippen molar-refractivity contribution >= 4 is 22.4 Å². The first-order chi connectivity index (χ1) is 8.37. The van der Waals surface area contributed by atoms with Crippen LogP contribution in [0.5, 0.6) is 0 Å². The summed E-state index contributed by atoms with van der Waals surface area (Å²) in [6.45, 7) is 6.58. The van der Waals surface area contributed by atoms with E-state index in [9.17, 15) is 4.79 Å². The van der Waals surface area contributed by atoms with Crippen LogP contribution >= 0.6 is 11.3 Å². The van der Waals surface area contributed by atoms with Crippen molar-refractivity contribution in [1.82, 2.24) is 4.98 Å². The Kier molecular flexibility index (Phi) is 3.59. The Labute approximate surface area is 110 Å². The van der Waals surface area contributed by atoms with E-state index in [2.05, 4.69) is 24.1 Å².